The van der Waals surface area contributed by atoms with Gasteiger partial charge in [-0.2, -0.15) is 0 Å². The SMILES string of the molecule is CC(O)(CNC1CCC(C(=O)O)CC1)c1ccccc1. The maximum absolute atomic E-state index is 10.9. The zero-order chi connectivity index (χ0) is 14.6. The molecule has 0 radical (unpaired) electrons. The van der Waals surface area contributed by atoms with Crippen molar-refractivity contribution in [2.24, 2.45) is 5.92 Å². The van der Waals surface area contributed by atoms with E-state index in [1.54, 1.807) is 6.92 Å². The third-order valence-corrected chi connectivity index (χ3v) is 4.21. The van der Waals surface area contributed by atoms with Crippen LogP contribution in [0.5, 0.6) is 0 Å². The van der Waals surface area contributed by atoms with Crippen LogP contribution in [0, 0.1) is 5.92 Å². The molecule has 1 aliphatic carbocycles. The molecule has 1 fully saturated rings. The number of aliphatic carboxylic acids is 1. The number of aliphatic hydroxyl groups is 1. The highest BCUT2D eigenvalue weighted by Gasteiger charge is 2.28. The monoisotopic (exact) mass is 277 g/mol. The Hall–Kier alpha value is -1.39. The number of nitrogens with one attached hydrogen (secondary N) is 1. The van der Waals surface area contributed by atoms with Gasteiger partial charge in [0.15, 0.2) is 0 Å². The van der Waals surface area contributed by atoms with E-state index in [0.29, 0.717) is 12.6 Å². The van der Waals surface area contributed by atoms with Crippen molar-refractivity contribution >= 4 is 5.97 Å². The summed E-state index contributed by atoms with van der Waals surface area (Å²) < 4.78 is 0. The van der Waals surface area contributed by atoms with Crippen molar-refractivity contribution in [1.29, 1.82) is 0 Å². The average molecular weight is 277 g/mol. The molecule has 0 aromatic heterocycles. The summed E-state index contributed by atoms with van der Waals surface area (Å²) in [6, 6.07) is 9.91. The smallest absolute Gasteiger partial charge is 0.306 e. The predicted octanol–water partition coefficient (Wildman–Crippen LogP) is 2.13. The summed E-state index contributed by atoms with van der Waals surface area (Å²) in [4.78, 5) is 10.9. The highest BCUT2D eigenvalue weighted by atomic mass is 16.4. The van der Waals surface area contributed by atoms with E-state index in [0.717, 1.165) is 31.2 Å². The lowest BCUT2D eigenvalue weighted by molar-refractivity contribution is -0.142. The van der Waals surface area contributed by atoms with Gasteiger partial charge in [-0.3, -0.25) is 4.79 Å². The first-order valence-electron chi connectivity index (χ1n) is 7.23. The zero-order valence-electron chi connectivity index (χ0n) is 11.9. The highest BCUT2D eigenvalue weighted by Crippen LogP contribution is 2.25. The molecule has 1 aliphatic rings. The second-order valence-corrected chi connectivity index (χ2v) is 5.91. The molecule has 0 saturated heterocycles. The van der Waals surface area contributed by atoms with Gasteiger partial charge >= 0.3 is 5.97 Å². The molecule has 0 heterocycles. The minimum absolute atomic E-state index is 0.192. The van der Waals surface area contributed by atoms with Gasteiger partial charge in [0.1, 0.15) is 0 Å². The van der Waals surface area contributed by atoms with Crippen LogP contribution in [0.1, 0.15) is 38.2 Å². The molecular weight excluding hydrogens is 254 g/mol. The molecule has 2 rings (SSSR count). The fraction of sp³-hybridized carbons (Fsp3) is 0.562. The van der Waals surface area contributed by atoms with Crippen molar-refractivity contribution in [3.05, 3.63) is 35.9 Å². The largest absolute Gasteiger partial charge is 0.481 e. The van der Waals surface area contributed by atoms with Crippen LogP contribution in [-0.2, 0) is 10.4 Å². The Bertz CT molecular complexity index is 436. The standard InChI is InChI=1S/C16H23NO3/c1-16(20,13-5-3-2-4-6-13)11-17-14-9-7-12(8-10-14)15(18)19/h2-6,12,14,17,20H,7-11H2,1H3,(H,18,19). The number of carbonyl (C=O) groups is 1. The number of carboxylic acid groups (broad SMARTS) is 1. The van der Waals surface area contributed by atoms with Crippen LogP contribution in [0.2, 0.25) is 0 Å². The molecule has 0 spiro atoms. The van der Waals surface area contributed by atoms with Crippen LogP contribution in [0.4, 0.5) is 0 Å². The first-order chi connectivity index (χ1) is 9.49. The summed E-state index contributed by atoms with van der Waals surface area (Å²) in [7, 11) is 0. The summed E-state index contributed by atoms with van der Waals surface area (Å²) in [6.45, 7) is 2.29. The number of hydrogen-bond acceptors (Lipinski definition) is 3. The molecule has 1 unspecified atom stereocenters. The van der Waals surface area contributed by atoms with Crippen molar-refractivity contribution in [2.45, 2.75) is 44.2 Å². The third kappa shape index (κ3) is 3.81. The van der Waals surface area contributed by atoms with Crippen LogP contribution in [0.15, 0.2) is 30.3 Å². The molecule has 3 N–H and O–H groups in total. The van der Waals surface area contributed by atoms with E-state index < -0.39 is 11.6 Å². The van der Waals surface area contributed by atoms with E-state index in [4.69, 9.17) is 5.11 Å². The molecule has 1 aromatic carbocycles. The van der Waals surface area contributed by atoms with Crippen molar-refractivity contribution in [3.8, 4) is 0 Å². The molecule has 20 heavy (non-hydrogen) atoms. The summed E-state index contributed by atoms with van der Waals surface area (Å²) >= 11 is 0. The molecule has 0 amide bonds. The van der Waals surface area contributed by atoms with Gasteiger partial charge in [0.2, 0.25) is 0 Å². The molecule has 4 nitrogen and oxygen atoms in total. The number of carboxylic acids is 1. The normalized spacial score (nSPS) is 25.9. The van der Waals surface area contributed by atoms with Crippen LogP contribution >= 0.6 is 0 Å². The average Bonchev–Trinajstić information content (AvgIpc) is 2.46. The fourth-order valence-corrected chi connectivity index (χ4v) is 2.79. The summed E-state index contributed by atoms with van der Waals surface area (Å²) in [5.41, 5.74) is -0.00280. The molecule has 0 bridgehead atoms. The summed E-state index contributed by atoms with van der Waals surface area (Å²) in [5.74, 6) is -0.873. The Labute approximate surface area is 119 Å². The van der Waals surface area contributed by atoms with Crippen molar-refractivity contribution in [3.63, 3.8) is 0 Å². The van der Waals surface area contributed by atoms with Gasteiger partial charge in [-0.05, 0) is 38.2 Å². The van der Waals surface area contributed by atoms with Crippen LogP contribution in [0.3, 0.4) is 0 Å². The van der Waals surface area contributed by atoms with E-state index >= 15 is 0 Å². The number of hydrogen-bond donors (Lipinski definition) is 3. The van der Waals surface area contributed by atoms with E-state index in [9.17, 15) is 9.90 Å². The Morgan fingerprint density at radius 2 is 1.85 bits per heavy atom. The van der Waals surface area contributed by atoms with Crippen LogP contribution in [-0.4, -0.2) is 28.8 Å². The van der Waals surface area contributed by atoms with Gasteiger partial charge in [0, 0.05) is 12.6 Å². The zero-order valence-corrected chi connectivity index (χ0v) is 11.9. The predicted molar refractivity (Wildman–Crippen MR) is 77.4 cm³/mol. The minimum Gasteiger partial charge on any atom is -0.481 e. The van der Waals surface area contributed by atoms with E-state index in [2.05, 4.69) is 5.32 Å². The summed E-state index contributed by atoms with van der Waals surface area (Å²) in [5, 5.41) is 22.8. The molecule has 1 aromatic rings. The van der Waals surface area contributed by atoms with Crippen molar-refractivity contribution in [2.75, 3.05) is 6.54 Å². The number of rotatable bonds is 5. The topological polar surface area (TPSA) is 69.6 Å². The summed E-state index contributed by atoms with van der Waals surface area (Å²) in [6.07, 6.45) is 3.17. The maximum Gasteiger partial charge on any atom is 0.306 e. The van der Waals surface area contributed by atoms with Gasteiger partial charge in [-0.1, -0.05) is 30.3 Å². The lowest BCUT2D eigenvalue weighted by atomic mass is 9.85. The van der Waals surface area contributed by atoms with Crippen LogP contribution < -0.4 is 5.32 Å². The Morgan fingerprint density at radius 3 is 2.40 bits per heavy atom. The first-order valence-corrected chi connectivity index (χ1v) is 7.23. The lowest BCUT2D eigenvalue weighted by Crippen LogP contribution is -2.42. The minimum atomic E-state index is -0.898. The molecule has 1 saturated carbocycles. The van der Waals surface area contributed by atoms with Gasteiger partial charge in [0.05, 0.1) is 11.5 Å². The second-order valence-electron chi connectivity index (χ2n) is 5.91. The quantitative estimate of drug-likeness (QED) is 0.771. The van der Waals surface area contributed by atoms with Crippen molar-refractivity contribution in [1.82, 2.24) is 5.32 Å². The van der Waals surface area contributed by atoms with Crippen molar-refractivity contribution < 1.29 is 15.0 Å². The van der Waals surface area contributed by atoms with Gasteiger partial charge in [0.25, 0.3) is 0 Å². The van der Waals surface area contributed by atoms with Gasteiger partial charge in [-0.25, -0.2) is 0 Å². The van der Waals surface area contributed by atoms with Gasteiger partial charge in [-0.15, -0.1) is 0 Å². The fourth-order valence-electron chi connectivity index (χ4n) is 2.79. The molecule has 0 aliphatic heterocycles. The molecule has 110 valence electrons. The van der Waals surface area contributed by atoms with E-state index in [1.807, 2.05) is 30.3 Å². The Balaban J connectivity index is 1.82. The van der Waals surface area contributed by atoms with E-state index in [1.165, 1.54) is 0 Å². The number of benzene rings is 1. The van der Waals surface area contributed by atoms with Gasteiger partial charge < -0.3 is 15.5 Å². The van der Waals surface area contributed by atoms with E-state index in [-0.39, 0.29) is 5.92 Å². The molecule has 4 heteroatoms. The highest BCUT2D eigenvalue weighted by molar-refractivity contribution is 5.70. The second kappa shape index (κ2) is 6.37. The molecular formula is C16H23NO3. The molecule has 1 atom stereocenters. The van der Waals surface area contributed by atoms with Crippen LogP contribution in [0.25, 0.3) is 0 Å². The first kappa shape index (κ1) is 15.0. The maximum atomic E-state index is 10.9. The third-order valence-electron chi connectivity index (χ3n) is 4.21. The lowest BCUT2D eigenvalue weighted by Gasteiger charge is -2.31. The Morgan fingerprint density at radius 1 is 1.25 bits per heavy atom. The Kier molecular flexibility index (Phi) is 4.78.